The van der Waals surface area contributed by atoms with E-state index in [-0.39, 0.29) is 5.28 Å². The van der Waals surface area contributed by atoms with Crippen LogP contribution >= 0.6 is 11.6 Å². The maximum atomic E-state index is 11.4. The Morgan fingerprint density at radius 2 is 2.15 bits per heavy atom. The molecule has 0 aliphatic carbocycles. The van der Waals surface area contributed by atoms with Gasteiger partial charge in [0.1, 0.15) is 0 Å². The van der Waals surface area contributed by atoms with Gasteiger partial charge in [-0.05, 0) is 30.4 Å². The van der Waals surface area contributed by atoms with Crippen LogP contribution < -0.4 is 9.80 Å². The van der Waals surface area contributed by atoms with Crippen molar-refractivity contribution in [3.05, 3.63) is 11.5 Å². The summed E-state index contributed by atoms with van der Waals surface area (Å²) in [6.45, 7) is 2.13. The van der Waals surface area contributed by atoms with Gasteiger partial charge in [0.25, 0.3) is 0 Å². The highest BCUT2D eigenvalue weighted by Crippen LogP contribution is 2.27. The van der Waals surface area contributed by atoms with E-state index in [1.807, 2.05) is 19.0 Å². The lowest BCUT2D eigenvalue weighted by Gasteiger charge is -2.28. The van der Waals surface area contributed by atoms with Gasteiger partial charge in [0.15, 0.2) is 5.82 Å². The quantitative estimate of drug-likeness (QED) is 0.610. The largest absolute Gasteiger partial charge is 0.381 e. The zero-order valence-electron chi connectivity index (χ0n) is 11.8. The highest BCUT2D eigenvalue weighted by molar-refractivity contribution is 6.28. The van der Waals surface area contributed by atoms with Crippen LogP contribution in [0.3, 0.4) is 0 Å². The number of carbonyl (C=O) groups excluding carboxylic acids is 1. The molecule has 0 N–H and O–H groups in total. The standard InChI is InChI=1S/C13H19ClN4O2/c1-17(2)11-7-15-13(14)16-12(11)18(9-19)8-10-3-5-20-6-4-10/h7,9-10H,3-6,8H2,1-2H3. The minimum atomic E-state index is 0.143. The predicted octanol–water partition coefficient (Wildman–Crippen LogP) is 1.59. The molecule has 1 saturated heterocycles. The highest BCUT2D eigenvalue weighted by Gasteiger charge is 2.21. The number of amides is 1. The lowest BCUT2D eigenvalue weighted by Crippen LogP contribution is -2.33. The molecule has 1 aliphatic heterocycles. The minimum absolute atomic E-state index is 0.143. The Morgan fingerprint density at radius 1 is 1.45 bits per heavy atom. The molecule has 0 unspecified atom stereocenters. The van der Waals surface area contributed by atoms with Gasteiger partial charge in [0.2, 0.25) is 11.7 Å². The van der Waals surface area contributed by atoms with Gasteiger partial charge in [0, 0.05) is 33.9 Å². The first-order chi connectivity index (χ1) is 9.61. The molecule has 7 heteroatoms. The van der Waals surface area contributed by atoms with Crippen molar-refractivity contribution >= 4 is 29.5 Å². The molecule has 0 spiro atoms. The first-order valence-corrected chi connectivity index (χ1v) is 6.99. The summed E-state index contributed by atoms with van der Waals surface area (Å²) in [6.07, 6.45) is 4.35. The monoisotopic (exact) mass is 298 g/mol. The third-order valence-corrected chi connectivity index (χ3v) is 3.58. The third-order valence-electron chi connectivity index (χ3n) is 3.40. The number of ether oxygens (including phenoxy) is 1. The predicted molar refractivity (Wildman–Crippen MR) is 78.3 cm³/mol. The van der Waals surface area contributed by atoms with Crippen LogP contribution in [0.2, 0.25) is 5.28 Å². The van der Waals surface area contributed by atoms with Gasteiger partial charge in [-0.25, -0.2) is 4.98 Å². The van der Waals surface area contributed by atoms with Crippen molar-refractivity contribution < 1.29 is 9.53 Å². The molecular formula is C13H19ClN4O2. The number of aromatic nitrogens is 2. The molecule has 1 amide bonds. The summed E-state index contributed by atoms with van der Waals surface area (Å²) < 4.78 is 5.34. The second-order valence-electron chi connectivity index (χ2n) is 5.06. The van der Waals surface area contributed by atoms with Gasteiger partial charge in [0.05, 0.1) is 11.9 Å². The lowest BCUT2D eigenvalue weighted by atomic mass is 10.00. The molecular weight excluding hydrogens is 280 g/mol. The normalized spacial score (nSPS) is 15.9. The van der Waals surface area contributed by atoms with Crippen LogP contribution in [-0.2, 0) is 9.53 Å². The lowest BCUT2D eigenvalue weighted by molar-refractivity contribution is -0.107. The molecule has 0 saturated carbocycles. The number of hydrogen-bond acceptors (Lipinski definition) is 5. The van der Waals surface area contributed by atoms with Crippen LogP contribution in [0.1, 0.15) is 12.8 Å². The van der Waals surface area contributed by atoms with E-state index in [1.54, 1.807) is 11.1 Å². The van der Waals surface area contributed by atoms with Crippen molar-refractivity contribution in [2.45, 2.75) is 12.8 Å². The average Bonchev–Trinajstić information content (AvgIpc) is 2.45. The maximum Gasteiger partial charge on any atom is 0.224 e. The maximum absolute atomic E-state index is 11.4. The zero-order chi connectivity index (χ0) is 14.5. The molecule has 1 aromatic rings. The average molecular weight is 299 g/mol. The molecule has 0 atom stereocenters. The molecule has 0 bridgehead atoms. The Bertz CT molecular complexity index is 464. The number of hydrogen-bond donors (Lipinski definition) is 0. The van der Waals surface area contributed by atoms with E-state index in [2.05, 4.69) is 9.97 Å². The van der Waals surface area contributed by atoms with E-state index in [4.69, 9.17) is 16.3 Å². The van der Waals surface area contributed by atoms with Crippen LogP contribution in [0.5, 0.6) is 0 Å². The summed E-state index contributed by atoms with van der Waals surface area (Å²) in [7, 11) is 3.76. The van der Waals surface area contributed by atoms with Crippen molar-refractivity contribution in [1.82, 2.24) is 9.97 Å². The number of nitrogens with zero attached hydrogens (tertiary/aromatic N) is 4. The first-order valence-electron chi connectivity index (χ1n) is 6.61. The Labute approximate surface area is 123 Å². The molecule has 1 aliphatic rings. The molecule has 20 heavy (non-hydrogen) atoms. The van der Waals surface area contributed by atoms with Gasteiger partial charge < -0.3 is 9.64 Å². The second-order valence-corrected chi connectivity index (χ2v) is 5.39. The fraction of sp³-hybridized carbons (Fsp3) is 0.615. The Hall–Kier alpha value is -1.40. The van der Waals surface area contributed by atoms with E-state index < -0.39 is 0 Å². The molecule has 1 aromatic heterocycles. The molecule has 110 valence electrons. The SMILES string of the molecule is CN(C)c1cnc(Cl)nc1N(C=O)CC1CCOCC1. The fourth-order valence-corrected chi connectivity index (χ4v) is 2.39. The smallest absolute Gasteiger partial charge is 0.224 e. The van der Waals surface area contributed by atoms with E-state index in [0.29, 0.717) is 18.3 Å². The van der Waals surface area contributed by atoms with Crippen LogP contribution in [0.15, 0.2) is 6.20 Å². The van der Waals surface area contributed by atoms with Crippen molar-refractivity contribution in [1.29, 1.82) is 0 Å². The highest BCUT2D eigenvalue weighted by atomic mass is 35.5. The Balaban J connectivity index is 2.21. The summed E-state index contributed by atoms with van der Waals surface area (Å²) in [5.41, 5.74) is 0.772. The van der Waals surface area contributed by atoms with Crippen LogP contribution in [0, 0.1) is 5.92 Å². The summed E-state index contributed by atoms with van der Waals surface area (Å²) in [5.74, 6) is 0.981. The summed E-state index contributed by atoms with van der Waals surface area (Å²) in [5, 5.41) is 0.143. The second kappa shape index (κ2) is 6.85. The van der Waals surface area contributed by atoms with Crippen molar-refractivity contribution in [3.63, 3.8) is 0 Å². The van der Waals surface area contributed by atoms with Crippen LogP contribution in [0.4, 0.5) is 11.5 Å². The van der Waals surface area contributed by atoms with Gasteiger partial charge in [-0.2, -0.15) is 4.98 Å². The number of halogens is 1. The van der Waals surface area contributed by atoms with Gasteiger partial charge in [-0.1, -0.05) is 0 Å². The van der Waals surface area contributed by atoms with E-state index in [9.17, 15) is 4.79 Å². The summed E-state index contributed by atoms with van der Waals surface area (Å²) in [4.78, 5) is 23.1. The molecule has 0 radical (unpaired) electrons. The van der Waals surface area contributed by atoms with Crippen LogP contribution in [0.25, 0.3) is 0 Å². The first kappa shape index (κ1) is 15.0. The number of carbonyl (C=O) groups is 1. The molecule has 1 fully saturated rings. The molecule has 2 rings (SSSR count). The van der Waals surface area contributed by atoms with Crippen molar-refractivity contribution in [3.8, 4) is 0 Å². The molecule has 0 aromatic carbocycles. The van der Waals surface area contributed by atoms with Crippen molar-refractivity contribution in [2.75, 3.05) is 43.7 Å². The van der Waals surface area contributed by atoms with Crippen LogP contribution in [-0.4, -0.2) is 50.2 Å². The van der Waals surface area contributed by atoms with Gasteiger partial charge >= 0.3 is 0 Å². The molecule has 2 heterocycles. The Kier molecular flexibility index (Phi) is 5.14. The van der Waals surface area contributed by atoms with Crippen molar-refractivity contribution in [2.24, 2.45) is 5.92 Å². The topological polar surface area (TPSA) is 58.6 Å². The number of rotatable bonds is 5. The third kappa shape index (κ3) is 3.58. The fourth-order valence-electron chi connectivity index (χ4n) is 2.26. The summed E-state index contributed by atoms with van der Waals surface area (Å²) >= 11 is 5.86. The van der Waals surface area contributed by atoms with Gasteiger partial charge in [-0.3, -0.25) is 9.69 Å². The van der Waals surface area contributed by atoms with E-state index in [1.165, 1.54) is 0 Å². The van der Waals surface area contributed by atoms with Gasteiger partial charge in [-0.15, -0.1) is 0 Å². The minimum Gasteiger partial charge on any atom is -0.381 e. The van der Waals surface area contributed by atoms with E-state index in [0.717, 1.165) is 38.2 Å². The zero-order valence-corrected chi connectivity index (χ0v) is 12.5. The summed E-state index contributed by atoms with van der Waals surface area (Å²) in [6, 6.07) is 0. The number of anilines is 2. The molecule has 6 nitrogen and oxygen atoms in total. The Morgan fingerprint density at radius 3 is 2.75 bits per heavy atom. The van der Waals surface area contributed by atoms with E-state index >= 15 is 0 Å².